The van der Waals surface area contributed by atoms with Gasteiger partial charge in [-0.15, -0.1) is 0 Å². The first-order valence-corrected chi connectivity index (χ1v) is 12.2. The predicted molar refractivity (Wildman–Crippen MR) is 136 cm³/mol. The molecule has 12 heteroatoms. The van der Waals surface area contributed by atoms with Crippen LogP contribution in [-0.2, 0) is 15.1 Å². The molecular formula is C25H27ClF2N6O3. The first-order chi connectivity index (χ1) is 17.7. The molecule has 0 aromatic heterocycles. The molecule has 4 rings (SSSR count). The number of halogens is 3. The maximum absolute atomic E-state index is 13.6. The molecule has 0 spiro atoms. The second kappa shape index (κ2) is 11.2. The highest BCUT2D eigenvalue weighted by Gasteiger charge is 2.52. The first-order valence-electron chi connectivity index (χ1n) is 11.8. The minimum Gasteiger partial charge on any atom is -0.367 e. The summed E-state index contributed by atoms with van der Waals surface area (Å²) in [6.45, 7) is 1.84. The molecule has 37 heavy (non-hydrogen) atoms. The van der Waals surface area contributed by atoms with Crippen LogP contribution in [0.5, 0.6) is 0 Å². The van der Waals surface area contributed by atoms with E-state index < -0.39 is 41.3 Å². The number of carbonyl (C=O) groups is 3. The summed E-state index contributed by atoms with van der Waals surface area (Å²) >= 11 is 5.96. The van der Waals surface area contributed by atoms with Gasteiger partial charge in [-0.05, 0) is 55.3 Å². The molecule has 2 aromatic rings. The zero-order chi connectivity index (χ0) is 26.6. The number of aliphatic imine (C=N–C) groups is 1. The Balaban J connectivity index is 1.44. The van der Waals surface area contributed by atoms with E-state index in [4.69, 9.17) is 17.3 Å². The summed E-state index contributed by atoms with van der Waals surface area (Å²) in [4.78, 5) is 44.3. The van der Waals surface area contributed by atoms with Crippen molar-refractivity contribution in [1.29, 1.82) is 0 Å². The van der Waals surface area contributed by atoms with E-state index in [-0.39, 0.29) is 17.1 Å². The smallest absolute Gasteiger partial charge is 0.257 e. The normalized spacial score (nSPS) is 23.3. The van der Waals surface area contributed by atoms with Gasteiger partial charge in [-0.2, -0.15) is 0 Å². The Morgan fingerprint density at radius 3 is 2.65 bits per heavy atom. The van der Waals surface area contributed by atoms with Crippen LogP contribution in [0.4, 0.5) is 14.5 Å². The van der Waals surface area contributed by atoms with Gasteiger partial charge in [-0.25, -0.2) is 8.78 Å². The van der Waals surface area contributed by atoms with Gasteiger partial charge >= 0.3 is 0 Å². The van der Waals surface area contributed by atoms with Crippen LogP contribution in [0.15, 0.2) is 47.5 Å². The number of anilines is 1. The molecule has 2 heterocycles. The maximum Gasteiger partial charge on any atom is 0.257 e. The number of nitrogens with two attached hydrogens (primary N) is 1. The molecule has 0 saturated carbocycles. The van der Waals surface area contributed by atoms with Gasteiger partial charge in [0.2, 0.25) is 5.91 Å². The van der Waals surface area contributed by atoms with Crippen molar-refractivity contribution >= 4 is 41.3 Å². The van der Waals surface area contributed by atoms with Crippen molar-refractivity contribution < 1.29 is 23.2 Å². The van der Waals surface area contributed by atoms with Crippen molar-refractivity contribution in [2.24, 2.45) is 10.7 Å². The van der Waals surface area contributed by atoms with E-state index in [1.807, 2.05) is 4.90 Å². The number of carbonyl (C=O) groups excluding carboxylic acids is 3. The van der Waals surface area contributed by atoms with Crippen molar-refractivity contribution in [3.8, 4) is 0 Å². The predicted octanol–water partition coefficient (Wildman–Crippen LogP) is 1.96. The summed E-state index contributed by atoms with van der Waals surface area (Å²) in [5.41, 5.74) is 4.95. The third kappa shape index (κ3) is 5.72. The SMILES string of the molecule is NC(=O)C1(c2ccc(NC(=O)c3ccc(F)cc3Cl)cc2)NC=NC1C(=O)NCCN1CCC[C@@H](F)C1. The summed E-state index contributed by atoms with van der Waals surface area (Å²) in [6.07, 6.45) is 1.72. The highest BCUT2D eigenvalue weighted by molar-refractivity contribution is 6.34. The average Bonchev–Trinajstić information content (AvgIpc) is 3.31. The molecule has 5 N–H and O–H groups in total. The van der Waals surface area contributed by atoms with Crippen molar-refractivity contribution in [2.45, 2.75) is 30.6 Å². The number of alkyl halides is 1. The van der Waals surface area contributed by atoms with Gasteiger partial charge in [0.1, 0.15) is 12.0 Å². The number of hydrogen-bond acceptors (Lipinski definition) is 6. The Kier molecular flexibility index (Phi) is 8.03. The van der Waals surface area contributed by atoms with Crippen LogP contribution < -0.4 is 21.7 Å². The molecule has 3 amide bonds. The van der Waals surface area contributed by atoms with Crippen LogP contribution in [0.3, 0.4) is 0 Å². The molecule has 0 aliphatic carbocycles. The maximum atomic E-state index is 13.6. The number of likely N-dealkylation sites (tertiary alicyclic amines) is 1. The lowest BCUT2D eigenvalue weighted by Gasteiger charge is -2.32. The number of piperidine rings is 1. The summed E-state index contributed by atoms with van der Waals surface area (Å²) in [5.74, 6) is -2.42. The van der Waals surface area contributed by atoms with E-state index in [2.05, 4.69) is 20.9 Å². The quantitative estimate of drug-likeness (QED) is 0.413. The summed E-state index contributed by atoms with van der Waals surface area (Å²) < 4.78 is 26.9. The molecule has 9 nitrogen and oxygen atoms in total. The van der Waals surface area contributed by atoms with Crippen LogP contribution in [0.25, 0.3) is 0 Å². The third-order valence-corrected chi connectivity index (χ3v) is 6.82. The van der Waals surface area contributed by atoms with Crippen LogP contribution in [0.2, 0.25) is 5.02 Å². The fraction of sp³-hybridized carbons (Fsp3) is 0.360. The van der Waals surface area contributed by atoms with E-state index in [1.165, 1.54) is 24.5 Å². The van der Waals surface area contributed by atoms with Gasteiger partial charge in [0.05, 0.1) is 16.9 Å². The lowest BCUT2D eigenvalue weighted by molar-refractivity contribution is -0.131. The fourth-order valence-electron chi connectivity index (χ4n) is 4.58. The monoisotopic (exact) mass is 532 g/mol. The Bertz CT molecular complexity index is 1210. The molecule has 1 fully saturated rings. The van der Waals surface area contributed by atoms with Crippen molar-refractivity contribution in [2.75, 3.05) is 31.5 Å². The van der Waals surface area contributed by atoms with E-state index in [9.17, 15) is 23.2 Å². The molecule has 2 aliphatic rings. The van der Waals surface area contributed by atoms with E-state index >= 15 is 0 Å². The molecule has 0 bridgehead atoms. The van der Waals surface area contributed by atoms with Crippen molar-refractivity contribution in [3.05, 3.63) is 64.4 Å². The topological polar surface area (TPSA) is 129 Å². The summed E-state index contributed by atoms with van der Waals surface area (Å²) in [7, 11) is 0. The molecule has 0 radical (unpaired) electrons. The van der Waals surface area contributed by atoms with Crippen LogP contribution in [0.1, 0.15) is 28.8 Å². The van der Waals surface area contributed by atoms with Gasteiger partial charge in [0.15, 0.2) is 11.6 Å². The highest BCUT2D eigenvalue weighted by atomic mass is 35.5. The Morgan fingerprint density at radius 1 is 1.22 bits per heavy atom. The van der Waals surface area contributed by atoms with Gasteiger partial charge in [-0.1, -0.05) is 23.7 Å². The lowest BCUT2D eigenvalue weighted by atomic mass is 9.82. The summed E-state index contributed by atoms with van der Waals surface area (Å²) in [6, 6.07) is 8.43. The molecule has 3 atom stereocenters. The van der Waals surface area contributed by atoms with E-state index in [0.717, 1.165) is 25.1 Å². The zero-order valence-corrected chi connectivity index (χ0v) is 20.6. The number of nitrogens with one attached hydrogen (secondary N) is 3. The number of benzene rings is 2. The molecular weight excluding hydrogens is 506 g/mol. The number of nitrogens with zero attached hydrogens (tertiary/aromatic N) is 2. The van der Waals surface area contributed by atoms with Gasteiger partial charge in [0, 0.05) is 25.3 Å². The fourth-order valence-corrected chi connectivity index (χ4v) is 4.84. The number of hydrogen-bond donors (Lipinski definition) is 4. The van der Waals surface area contributed by atoms with E-state index in [0.29, 0.717) is 30.8 Å². The minimum absolute atomic E-state index is 0.0345. The Morgan fingerprint density at radius 2 is 1.97 bits per heavy atom. The summed E-state index contributed by atoms with van der Waals surface area (Å²) in [5, 5.41) is 8.22. The van der Waals surface area contributed by atoms with Gasteiger partial charge in [0.25, 0.3) is 11.8 Å². The zero-order valence-electron chi connectivity index (χ0n) is 19.8. The van der Waals surface area contributed by atoms with Crippen molar-refractivity contribution in [1.82, 2.24) is 15.5 Å². The average molecular weight is 533 g/mol. The first kappa shape index (κ1) is 26.5. The second-order valence-corrected chi connectivity index (χ2v) is 9.39. The molecule has 1 saturated heterocycles. The number of primary amides is 1. The Labute approximate surface area is 217 Å². The molecule has 2 unspecified atom stereocenters. The molecule has 2 aliphatic heterocycles. The lowest BCUT2D eigenvalue weighted by Crippen LogP contribution is -2.60. The van der Waals surface area contributed by atoms with Crippen LogP contribution >= 0.6 is 11.6 Å². The van der Waals surface area contributed by atoms with Crippen LogP contribution in [0, 0.1) is 5.82 Å². The number of amides is 3. The minimum atomic E-state index is -1.64. The molecule has 2 aromatic carbocycles. The van der Waals surface area contributed by atoms with Gasteiger partial charge in [-0.3, -0.25) is 24.3 Å². The second-order valence-electron chi connectivity index (χ2n) is 8.98. The van der Waals surface area contributed by atoms with Crippen LogP contribution in [-0.4, -0.2) is 67.4 Å². The standard InChI is InChI=1S/C25H27ClF2N6O3/c26-20-12-16(27)5-8-19(20)22(35)33-18-6-3-15(4-7-18)25(24(29)37)21(31-14-32-25)23(36)30-9-11-34-10-1-2-17(28)13-34/h3-8,12,14,17,21H,1-2,9-11,13H2,(H2,29,37)(H,30,36)(H,31,32)(H,33,35)/t17-,21?,25?/m1/s1. The number of rotatable bonds is 8. The highest BCUT2D eigenvalue weighted by Crippen LogP contribution is 2.31. The van der Waals surface area contributed by atoms with Gasteiger partial charge < -0.3 is 21.7 Å². The molecule has 196 valence electrons. The van der Waals surface area contributed by atoms with Crippen molar-refractivity contribution in [3.63, 3.8) is 0 Å². The van der Waals surface area contributed by atoms with E-state index in [1.54, 1.807) is 12.1 Å². The Hall–Kier alpha value is -3.57. The third-order valence-electron chi connectivity index (χ3n) is 6.51. The largest absolute Gasteiger partial charge is 0.367 e.